The highest BCUT2D eigenvalue weighted by Crippen LogP contribution is 2.43. The maximum Gasteiger partial charge on any atom is 0.472 e. The molecular weight excluding hydrogens is 1190 g/mol. The lowest BCUT2D eigenvalue weighted by atomic mass is 10.0. The van der Waals surface area contributed by atoms with Crippen LogP contribution in [-0.2, 0) is 18.4 Å². The topological polar surface area (TPSA) is 105 Å². The quantitative estimate of drug-likeness (QED) is 0.0243. The van der Waals surface area contributed by atoms with Gasteiger partial charge in [0.1, 0.15) is 13.2 Å². The summed E-state index contributed by atoms with van der Waals surface area (Å²) in [7, 11) is 1.64. The van der Waals surface area contributed by atoms with Gasteiger partial charge in [0.25, 0.3) is 0 Å². The van der Waals surface area contributed by atoms with Crippen LogP contribution in [0.2, 0.25) is 0 Å². The number of nitrogens with one attached hydrogen (secondary N) is 1. The van der Waals surface area contributed by atoms with Crippen LogP contribution >= 0.6 is 7.82 Å². The molecule has 0 rings (SSSR count). The molecule has 1 amide bonds. The Balaban J connectivity index is 3.88. The van der Waals surface area contributed by atoms with E-state index in [1.54, 1.807) is 0 Å². The van der Waals surface area contributed by atoms with E-state index in [4.69, 9.17) is 9.05 Å². The first kappa shape index (κ1) is 93.2. The van der Waals surface area contributed by atoms with Crippen LogP contribution < -0.4 is 5.32 Å². The van der Waals surface area contributed by atoms with Crippen molar-refractivity contribution in [2.75, 3.05) is 40.9 Å². The van der Waals surface area contributed by atoms with E-state index in [2.05, 4.69) is 79.9 Å². The average Bonchev–Trinajstić information content (AvgIpc) is 2.01. The van der Waals surface area contributed by atoms with Crippen LogP contribution in [0.25, 0.3) is 0 Å². The number of carbonyl (C=O) groups is 1. The third-order valence-corrected chi connectivity index (χ3v) is 20.5. The molecule has 0 radical (unpaired) electrons. The number of amides is 1. The molecule has 0 saturated carbocycles. The molecule has 0 spiro atoms. The third-order valence-electron chi connectivity index (χ3n) is 19.5. The zero-order valence-electron chi connectivity index (χ0n) is 64.4. The van der Waals surface area contributed by atoms with E-state index in [0.29, 0.717) is 23.9 Å². The number of nitrogens with zero attached hydrogens (tertiary/aromatic N) is 1. The smallest absolute Gasteiger partial charge is 0.391 e. The molecule has 95 heavy (non-hydrogen) atoms. The van der Waals surface area contributed by atoms with Crippen LogP contribution in [0.15, 0.2) is 60.8 Å². The third kappa shape index (κ3) is 79.4. The van der Waals surface area contributed by atoms with Crippen LogP contribution in [-0.4, -0.2) is 73.4 Å². The first-order valence-corrected chi connectivity index (χ1v) is 43.6. The minimum atomic E-state index is -4.34. The molecule has 0 aromatic rings. The average molecular weight is 1360 g/mol. The van der Waals surface area contributed by atoms with Crippen molar-refractivity contribution in [1.82, 2.24) is 5.32 Å². The van der Waals surface area contributed by atoms with Crippen molar-refractivity contribution in [3.63, 3.8) is 0 Å². The van der Waals surface area contributed by atoms with E-state index in [1.807, 2.05) is 21.1 Å². The molecule has 0 bridgehead atoms. The standard InChI is InChI=1S/C86H165N2O6P/c1-6-8-10-12-14-16-18-20-22-24-26-28-30-32-34-36-38-40-41-42-43-44-45-46-47-48-50-52-54-56-58-60-62-64-66-68-70-72-74-76-78-80-86(90)87-84(83-94-95(91,92)93-82-81-88(3,4)5)85(89)79-77-75-73-71-69-67-65-63-61-59-57-55-53-51-49-39-37-35-33-31-29-27-25-23-21-19-17-15-13-11-9-7-2/h8,10,14,16,20,22,26,28,32,34,84-85,89H,6-7,9,11-13,15,17-19,21,23-25,27,29-31,33,35-83H2,1-5H3,(H-,87,90,91,92)/p+1/b10-8-,16-14-,22-20-,28-26-,34-32-. The summed E-state index contributed by atoms with van der Waals surface area (Å²) < 4.78 is 24.0. The van der Waals surface area contributed by atoms with Crippen LogP contribution in [0.1, 0.15) is 431 Å². The van der Waals surface area contributed by atoms with Gasteiger partial charge in [0, 0.05) is 6.42 Å². The lowest BCUT2D eigenvalue weighted by Gasteiger charge is -2.26. The number of phosphoric ester groups is 1. The Hall–Kier alpha value is -1.80. The predicted molar refractivity (Wildman–Crippen MR) is 420 cm³/mol. The summed E-state index contributed by atoms with van der Waals surface area (Å²) in [6.45, 7) is 4.84. The fraction of sp³-hybridized carbons (Fsp3) is 0.872. The van der Waals surface area contributed by atoms with Crippen LogP contribution in [0.5, 0.6) is 0 Å². The molecule has 9 heteroatoms. The van der Waals surface area contributed by atoms with Gasteiger partial charge in [-0.3, -0.25) is 13.8 Å². The summed E-state index contributed by atoms with van der Waals surface area (Å²) >= 11 is 0. The summed E-state index contributed by atoms with van der Waals surface area (Å²) in [4.78, 5) is 23.6. The second-order valence-corrected chi connectivity index (χ2v) is 31.6. The highest BCUT2D eigenvalue weighted by molar-refractivity contribution is 7.47. The normalized spacial score (nSPS) is 13.7. The molecule has 0 aliphatic carbocycles. The maximum atomic E-state index is 13.1. The monoisotopic (exact) mass is 1350 g/mol. The SMILES string of the molecule is CC/C=C\C/C=C\C/C=C\C/C=C\C/C=C\CCCCCCCCCCCCCCCCCCCCCCCCCCCC(=O)NC(COP(=O)(O)OCC[N+](C)(C)C)C(O)CCCCCCCCCCCCCCCCCCCCCCCCCCCCCCCCCC. The number of hydrogen-bond acceptors (Lipinski definition) is 5. The molecule has 3 N–H and O–H groups in total. The highest BCUT2D eigenvalue weighted by Gasteiger charge is 2.28. The summed E-state index contributed by atoms with van der Waals surface area (Å²) in [5.74, 6) is -0.135. The minimum absolute atomic E-state index is 0.0769. The van der Waals surface area contributed by atoms with Crippen LogP contribution in [0.4, 0.5) is 0 Å². The van der Waals surface area contributed by atoms with Crippen molar-refractivity contribution < 1.29 is 32.9 Å². The molecule has 0 aromatic carbocycles. The molecule has 0 aliphatic heterocycles. The number of likely N-dealkylation sites (N-methyl/N-ethyl adjacent to an activating group) is 1. The van der Waals surface area contributed by atoms with Gasteiger partial charge in [0.15, 0.2) is 0 Å². The van der Waals surface area contributed by atoms with Crippen molar-refractivity contribution in [1.29, 1.82) is 0 Å². The Labute approximate surface area is 593 Å². The van der Waals surface area contributed by atoms with Gasteiger partial charge in [-0.15, -0.1) is 0 Å². The highest BCUT2D eigenvalue weighted by atomic mass is 31.2. The Bertz CT molecular complexity index is 1740. The number of carbonyl (C=O) groups excluding carboxylic acids is 1. The Morgan fingerprint density at radius 2 is 0.632 bits per heavy atom. The number of hydrogen-bond donors (Lipinski definition) is 3. The van der Waals surface area contributed by atoms with Crippen molar-refractivity contribution in [3.8, 4) is 0 Å². The number of aliphatic hydroxyl groups excluding tert-OH is 1. The fourth-order valence-corrected chi connectivity index (χ4v) is 13.8. The zero-order valence-corrected chi connectivity index (χ0v) is 65.3. The first-order valence-electron chi connectivity index (χ1n) is 42.2. The van der Waals surface area contributed by atoms with E-state index in [0.717, 1.165) is 70.6 Å². The number of aliphatic hydroxyl groups is 1. The molecule has 3 atom stereocenters. The van der Waals surface area contributed by atoms with Crippen molar-refractivity contribution in [3.05, 3.63) is 60.8 Å². The Morgan fingerprint density at radius 1 is 0.368 bits per heavy atom. The van der Waals surface area contributed by atoms with Gasteiger partial charge in [-0.05, 0) is 57.8 Å². The van der Waals surface area contributed by atoms with Gasteiger partial charge >= 0.3 is 7.82 Å². The summed E-state index contributed by atoms with van der Waals surface area (Å²) in [5, 5.41) is 14.2. The number of quaternary nitrogens is 1. The molecule has 560 valence electrons. The van der Waals surface area contributed by atoms with Gasteiger partial charge in [-0.25, -0.2) is 4.57 Å². The van der Waals surface area contributed by atoms with Crippen molar-refractivity contribution >= 4 is 13.7 Å². The molecule has 8 nitrogen and oxygen atoms in total. The van der Waals surface area contributed by atoms with E-state index in [9.17, 15) is 19.4 Å². The molecule has 0 fully saturated rings. The van der Waals surface area contributed by atoms with E-state index in [-0.39, 0.29) is 19.1 Å². The second-order valence-electron chi connectivity index (χ2n) is 30.2. The molecule has 0 aromatic heterocycles. The fourth-order valence-electron chi connectivity index (χ4n) is 13.1. The van der Waals surface area contributed by atoms with Gasteiger partial charge in [-0.2, -0.15) is 0 Å². The Morgan fingerprint density at radius 3 is 0.926 bits per heavy atom. The summed E-state index contributed by atoms with van der Waals surface area (Å²) in [5.41, 5.74) is 0. The van der Waals surface area contributed by atoms with Gasteiger partial charge in [-0.1, -0.05) is 428 Å². The molecule has 0 aliphatic rings. The lowest BCUT2D eigenvalue weighted by molar-refractivity contribution is -0.870. The van der Waals surface area contributed by atoms with Gasteiger partial charge in [0.2, 0.25) is 5.91 Å². The molecule has 0 saturated heterocycles. The second kappa shape index (κ2) is 76.4. The number of unbranched alkanes of at least 4 members (excludes halogenated alkanes) is 56. The number of allylic oxidation sites excluding steroid dienone is 10. The summed E-state index contributed by atoms with van der Waals surface area (Å²) in [6.07, 6.45) is 107. The van der Waals surface area contributed by atoms with Crippen LogP contribution in [0, 0.1) is 0 Å². The number of phosphoric acid groups is 1. The predicted octanol–water partition coefficient (Wildman–Crippen LogP) is 27.8. The largest absolute Gasteiger partial charge is 0.472 e. The minimum Gasteiger partial charge on any atom is -0.391 e. The molecular formula is C86H166N2O6P+. The van der Waals surface area contributed by atoms with Crippen molar-refractivity contribution in [2.24, 2.45) is 0 Å². The van der Waals surface area contributed by atoms with E-state index >= 15 is 0 Å². The van der Waals surface area contributed by atoms with E-state index in [1.165, 1.54) is 334 Å². The Kier molecular flexibility index (Phi) is 74.9. The lowest BCUT2D eigenvalue weighted by Crippen LogP contribution is -2.46. The van der Waals surface area contributed by atoms with Gasteiger partial charge < -0.3 is 19.8 Å². The molecule has 0 heterocycles. The first-order chi connectivity index (χ1) is 46.5. The molecule has 3 unspecified atom stereocenters. The maximum absolute atomic E-state index is 13.1. The zero-order chi connectivity index (χ0) is 69.0. The number of rotatable bonds is 79. The van der Waals surface area contributed by atoms with Crippen molar-refractivity contribution in [2.45, 2.75) is 443 Å². The van der Waals surface area contributed by atoms with Gasteiger partial charge in [0.05, 0.1) is 39.9 Å². The van der Waals surface area contributed by atoms with E-state index < -0.39 is 20.0 Å². The summed E-state index contributed by atoms with van der Waals surface area (Å²) in [6, 6.07) is -0.762. The van der Waals surface area contributed by atoms with Crippen LogP contribution in [0.3, 0.4) is 0 Å².